The van der Waals surface area contributed by atoms with Crippen molar-refractivity contribution in [3.8, 4) is 0 Å². The lowest BCUT2D eigenvalue weighted by molar-refractivity contribution is 0.0198. The molecule has 118 valence electrons. The van der Waals surface area contributed by atoms with Crippen LogP contribution in [0.3, 0.4) is 0 Å². The largest absolute Gasteiger partial charge is 0.444 e. The van der Waals surface area contributed by atoms with Gasteiger partial charge in [-0.2, -0.15) is 0 Å². The van der Waals surface area contributed by atoms with E-state index in [2.05, 4.69) is 22.8 Å². The first-order valence-electron chi connectivity index (χ1n) is 7.68. The standard InChI is InChI=1S/C16H26N2O2S/c1-16(2,3)20-15(19)18-10-7-13(8-11-18)17-9-6-14-5-4-12-21-14/h4-5,12-13,17H,6-11H2,1-3H3. The highest BCUT2D eigenvalue weighted by atomic mass is 32.1. The van der Waals surface area contributed by atoms with Crippen molar-refractivity contribution in [3.05, 3.63) is 22.4 Å². The van der Waals surface area contributed by atoms with Crippen molar-refractivity contribution in [2.24, 2.45) is 0 Å². The van der Waals surface area contributed by atoms with Crippen LogP contribution in [0.1, 0.15) is 38.5 Å². The van der Waals surface area contributed by atoms with Gasteiger partial charge < -0.3 is 15.0 Å². The van der Waals surface area contributed by atoms with Crippen LogP contribution >= 0.6 is 11.3 Å². The Morgan fingerprint density at radius 1 is 1.43 bits per heavy atom. The molecule has 1 amide bonds. The summed E-state index contributed by atoms with van der Waals surface area (Å²) in [5.41, 5.74) is -0.410. The fourth-order valence-corrected chi connectivity index (χ4v) is 3.16. The zero-order chi connectivity index (χ0) is 15.3. The zero-order valence-corrected chi connectivity index (χ0v) is 14.0. The summed E-state index contributed by atoms with van der Waals surface area (Å²) in [5.74, 6) is 0. The van der Waals surface area contributed by atoms with Gasteiger partial charge in [0.05, 0.1) is 0 Å². The molecular weight excluding hydrogens is 284 g/mol. The van der Waals surface area contributed by atoms with E-state index in [9.17, 15) is 4.79 Å². The van der Waals surface area contributed by atoms with E-state index < -0.39 is 5.60 Å². The molecule has 0 aliphatic carbocycles. The molecule has 1 aromatic heterocycles. The Bertz CT molecular complexity index is 432. The van der Waals surface area contributed by atoms with Crippen LogP contribution in [-0.4, -0.2) is 42.3 Å². The number of hydrogen-bond donors (Lipinski definition) is 1. The molecule has 2 heterocycles. The molecule has 1 aromatic rings. The van der Waals surface area contributed by atoms with Crippen LogP contribution < -0.4 is 5.32 Å². The number of thiophene rings is 1. The minimum atomic E-state index is -0.410. The fourth-order valence-electron chi connectivity index (χ4n) is 2.45. The number of carbonyl (C=O) groups is 1. The van der Waals surface area contributed by atoms with Gasteiger partial charge in [-0.15, -0.1) is 11.3 Å². The monoisotopic (exact) mass is 310 g/mol. The first kappa shape index (κ1) is 16.3. The van der Waals surface area contributed by atoms with E-state index in [1.165, 1.54) is 4.88 Å². The maximum absolute atomic E-state index is 12.0. The number of ether oxygens (including phenoxy) is 1. The highest BCUT2D eigenvalue weighted by Gasteiger charge is 2.26. The van der Waals surface area contributed by atoms with Crippen LogP contribution in [0.2, 0.25) is 0 Å². The van der Waals surface area contributed by atoms with Crippen molar-refractivity contribution in [3.63, 3.8) is 0 Å². The van der Waals surface area contributed by atoms with Crippen molar-refractivity contribution in [1.82, 2.24) is 10.2 Å². The summed E-state index contributed by atoms with van der Waals surface area (Å²) in [6, 6.07) is 4.79. The zero-order valence-electron chi connectivity index (χ0n) is 13.2. The molecule has 5 heteroatoms. The Balaban J connectivity index is 1.65. The van der Waals surface area contributed by atoms with Crippen LogP contribution in [0.5, 0.6) is 0 Å². The second-order valence-electron chi connectivity index (χ2n) is 6.53. The topological polar surface area (TPSA) is 41.6 Å². The molecule has 2 rings (SSSR count). The average Bonchev–Trinajstić information content (AvgIpc) is 2.91. The van der Waals surface area contributed by atoms with Crippen LogP contribution in [0.4, 0.5) is 4.79 Å². The number of amides is 1. The van der Waals surface area contributed by atoms with E-state index in [0.717, 1.165) is 38.9 Å². The van der Waals surface area contributed by atoms with Gasteiger partial charge in [-0.25, -0.2) is 4.79 Å². The molecule has 0 bridgehead atoms. The summed E-state index contributed by atoms with van der Waals surface area (Å²) in [6.07, 6.45) is 2.91. The number of likely N-dealkylation sites (tertiary alicyclic amines) is 1. The molecule has 1 aliphatic heterocycles. The van der Waals surface area contributed by atoms with Crippen molar-refractivity contribution in [1.29, 1.82) is 0 Å². The summed E-state index contributed by atoms with van der Waals surface area (Å²) < 4.78 is 5.41. The molecule has 4 nitrogen and oxygen atoms in total. The molecule has 0 spiro atoms. The Morgan fingerprint density at radius 2 is 2.14 bits per heavy atom. The Morgan fingerprint density at radius 3 is 2.71 bits per heavy atom. The van der Waals surface area contributed by atoms with Gasteiger partial charge in [0, 0.05) is 30.6 Å². The lowest BCUT2D eigenvalue weighted by Crippen LogP contribution is -2.46. The van der Waals surface area contributed by atoms with Crippen molar-refractivity contribution in [2.75, 3.05) is 19.6 Å². The molecule has 0 saturated carbocycles. The minimum Gasteiger partial charge on any atom is -0.444 e. The number of nitrogens with zero attached hydrogens (tertiary/aromatic N) is 1. The van der Waals surface area contributed by atoms with E-state index in [1.807, 2.05) is 37.0 Å². The molecule has 1 N–H and O–H groups in total. The van der Waals surface area contributed by atoms with E-state index in [0.29, 0.717) is 6.04 Å². The van der Waals surface area contributed by atoms with Gasteiger partial charge in [0.2, 0.25) is 0 Å². The van der Waals surface area contributed by atoms with E-state index in [1.54, 1.807) is 0 Å². The van der Waals surface area contributed by atoms with Crippen molar-refractivity contribution >= 4 is 17.4 Å². The number of nitrogens with one attached hydrogen (secondary N) is 1. The van der Waals surface area contributed by atoms with Gasteiger partial charge in [-0.1, -0.05) is 6.07 Å². The number of piperidine rings is 1. The summed E-state index contributed by atoms with van der Waals surface area (Å²) in [7, 11) is 0. The lowest BCUT2D eigenvalue weighted by atomic mass is 10.1. The van der Waals surface area contributed by atoms with E-state index >= 15 is 0 Å². The lowest BCUT2D eigenvalue weighted by Gasteiger charge is -2.33. The SMILES string of the molecule is CC(C)(C)OC(=O)N1CCC(NCCc2cccs2)CC1. The van der Waals surface area contributed by atoms with Crippen LogP contribution in [-0.2, 0) is 11.2 Å². The van der Waals surface area contributed by atoms with Crippen LogP contribution in [0.25, 0.3) is 0 Å². The quantitative estimate of drug-likeness (QED) is 0.928. The summed E-state index contributed by atoms with van der Waals surface area (Å²) in [4.78, 5) is 15.2. The average molecular weight is 310 g/mol. The predicted octanol–water partition coefficient (Wildman–Crippen LogP) is 3.28. The van der Waals surface area contributed by atoms with Crippen molar-refractivity contribution in [2.45, 2.75) is 51.7 Å². The number of carbonyl (C=O) groups excluding carboxylic acids is 1. The summed E-state index contributed by atoms with van der Waals surface area (Å²) in [5, 5.41) is 5.72. The van der Waals surface area contributed by atoms with Crippen LogP contribution in [0.15, 0.2) is 17.5 Å². The minimum absolute atomic E-state index is 0.181. The predicted molar refractivity (Wildman–Crippen MR) is 86.9 cm³/mol. The fraction of sp³-hybridized carbons (Fsp3) is 0.688. The highest BCUT2D eigenvalue weighted by molar-refractivity contribution is 7.09. The third kappa shape index (κ3) is 5.67. The van der Waals surface area contributed by atoms with Crippen molar-refractivity contribution < 1.29 is 9.53 Å². The third-order valence-electron chi connectivity index (χ3n) is 3.53. The van der Waals surface area contributed by atoms with Gasteiger partial charge in [0.25, 0.3) is 0 Å². The second-order valence-corrected chi connectivity index (χ2v) is 7.56. The van der Waals surface area contributed by atoms with Gasteiger partial charge >= 0.3 is 6.09 Å². The molecule has 21 heavy (non-hydrogen) atoms. The normalized spacial score (nSPS) is 17.0. The summed E-state index contributed by atoms with van der Waals surface area (Å²) >= 11 is 1.81. The Labute approximate surface area is 131 Å². The highest BCUT2D eigenvalue weighted by Crippen LogP contribution is 2.15. The van der Waals surface area contributed by atoms with Crippen LogP contribution in [0, 0.1) is 0 Å². The molecule has 0 aromatic carbocycles. The maximum Gasteiger partial charge on any atom is 0.410 e. The van der Waals surface area contributed by atoms with E-state index in [4.69, 9.17) is 4.74 Å². The molecule has 1 fully saturated rings. The first-order valence-corrected chi connectivity index (χ1v) is 8.56. The number of hydrogen-bond acceptors (Lipinski definition) is 4. The Hall–Kier alpha value is -1.07. The molecule has 0 unspecified atom stereocenters. The van der Waals surface area contributed by atoms with Gasteiger partial charge in [-0.05, 0) is 51.5 Å². The van der Waals surface area contributed by atoms with Gasteiger partial charge in [0.15, 0.2) is 0 Å². The smallest absolute Gasteiger partial charge is 0.410 e. The first-order chi connectivity index (χ1) is 9.94. The molecular formula is C16H26N2O2S. The maximum atomic E-state index is 12.0. The van der Waals surface area contributed by atoms with Gasteiger partial charge in [0.1, 0.15) is 5.60 Å². The molecule has 0 radical (unpaired) electrons. The van der Waals surface area contributed by atoms with Gasteiger partial charge in [-0.3, -0.25) is 0 Å². The Kier molecular flexibility index (Phi) is 5.65. The molecule has 0 atom stereocenters. The third-order valence-corrected chi connectivity index (χ3v) is 4.47. The number of rotatable bonds is 4. The molecule has 1 saturated heterocycles. The summed E-state index contributed by atoms with van der Waals surface area (Å²) in [6.45, 7) is 8.30. The second kappa shape index (κ2) is 7.27. The van der Waals surface area contributed by atoms with E-state index in [-0.39, 0.29) is 6.09 Å². The molecule has 1 aliphatic rings.